The molecule has 4 nitrogen and oxygen atoms in total. The quantitative estimate of drug-likeness (QED) is 0.384. The molecule has 4 heteroatoms. The third-order valence-electron chi connectivity index (χ3n) is 5.11. The number of hydrazine groups is 1. The average molecular weight is 395 g/mol. The van der Waals surface area contributed by atoms with Crippen molar-refractivity contribution in [2.75, 3.05) is 0 Å². The number of carbonyl (C=O) groups is 2. The number of nitrogens with one attached hydrogen (secondary N) is 2. The van der Waals surface area contributed by atoms with Gasteiger partial charge in [-0.3, -0.25) is 20.4 Å². The lowest BCUT2D eigenvalue weighted by molar-refractivity contribution is 0.0846. The fourth-order valence-electron chi connectivity index (χ4n) is 3.22. The summed E-state index contributed by atoms with van der Waals surface area (Å²) in [5.41, 5.74) is 8.51. The van der Waals surface area contributed by atoms with Gasteiger partial charge in [0.2, 0.25) is 0 Å². The Morgan fingerprint density at radius 2 is 1.00 bits per heavy atom. The Morgan fingerprint density at radius 1 is 0.586 bits per heavy atom. The van der Waals surface area contributed by atoms with E-state index in [1.54, 1.807) is 12.1 Å². The van der Waals surface area contributed by atoms with Crippen LogP contribution in [0, 0.1) is 0 Å². The fourth-order valence-corrected chi connectivity index (χ4v) is 3.22. The Hall–Kier alpha value is -2.62. The number of hydrogen-bond acceptors (Lipinski definition) is 2. The van der Waals surface area contributed by atoms with Gasteiger partial charge in [-0.1, -0.05) is 70.2 Å². The summed E-state index contributed by atoms with van der Waals surface area (Å²) in [4.78, 5) is 24.5. The summed E-state index contributed by atoms with van der Waals surface area (Å²) in [6.07, 6.45) is 10.6. The zero-order valence-corrected chi connectivity index (χ0v) is 17.8. The van der Waals surface area contributed by atoms with E-state index < -0.39 is 0 Å². The average Bonchev–Trinajstić information content (AvgIpc) is 2.76. The summed E-state index contributed by atoms with van der Waals surface area (Å²) >= 11 is 0. The van der Waals surface area contributed by atoms with Crippen molar-refractivity contribution in [2.24, 2.45) is 0 Å². The highest BCUT2D eigenvalue weighted by molar-refractivity contribution is 5.99. The maximum Gasteiger partial charge on any atom is 0.269 e. The molecule has 0 radical (unpaired) electrons. The van der Waals surface area contributed by atoms with E-state index in [4.69, 9.17) is 0 Å². The molecule has 0 fully saturated rings. The highest BCUT2D eigenvalue weighted by Crippen LogP contribution is 2.11. The topological polar surface area (TPSA) is 58.2 Å². The molecule has 2 rings (SSSR count). The Morgan fingerprint density at radius 3 is 1.45 bits per heavy atom. The van der Waals surface area contributed by atoms with Crippen LogP contribution in [-0.4, -0.2) is 11.8 Å². The van der Waals surface area contributed by atoms with Gasteiger partial charge in [-0.15, -0.1) is 0 Å². The van der Waals surface area contributed by atoms with Crippen molar-refractivity contribution in [3.63, 3.8) is 0 Å². The largest absolute Gasteiger partial charge is 0.269 e. The first-order chi connectivity index (χ1) is 14.1. The van der Waals surface area contributed by atoms with Gasteiger partial charge in [-0.25, -0.2) is 0 Å². The number of hydrogen-bond donors (Lipinski definition) is 2. The smallest absolute Gasteiger partial charge is 0.267 e. The highest BCUT2D eigenvalue weighted by atomic mass is 16.2. The van der Waals surface area contributed by atoms with Gasteiger partial charge in [0.1, 0.15) is 0 Å². The number of amides is 2. The fraction of sp³-hybridized carbons (Fsp3) is 0.440. The van der Waals surface area contributed by atoms with Crippen molar-refractivity contribution < 1.29 is 9.59 Å². The Labute approximate surface area is 175 Å². The summed E-state index contributed by atoms with van der Waals surface area (Å²) in [6, 6.07) is 15.1. The molecule has 2 aromatic rings. The molecule has 0 bridgehead atoms. The zero-order valence-electron chi connectivity index (χ0n) is 17.8. The van der Waals surface area contributed by atoms with Crippen LogP contribution >= 0.6 is 0 Å². The predicted octanol–water partition coefficient (Wildman–Crippen LogP) is 5.62. The lowest BCUT2D eigenvalue weighted by atomic mass is 10.0. The summed E-state index contributed by atoms with van der Waals surface area (Å²) in [5, 5.41) is 0. The molecule has 0 saturated heterocycles. The summed E-state index contributed by atoms with van der Waals surface area (Å²) in [6.45, 7) is 4.38. The molecular formula is C25H34N2O2. The van der Waals surface area contributed by atoms with Gasteiger partial charge in [0.05, 0.1) is 0 Å². The van der Waals surface area contributed by atoms with Crippen LogP contribution in [0.3, 0.4) is 0 Å². The van der Waals surface area contributed by atoms with Crippen LogP contribution in [-0.2, 0) is 12.8 Å². The molecule has 0 unspecified atom stereocenters. The molecule has 29 heavy (non-hydrogen) atoms. The summed E-state index contributed by atoms with van der Waals surface area (Å²) < 4.78 is 0. The van der Waals surface area contributed by atoms with Gasteiger partial charge in [0.15, 0.2) is 0 Å². The molecule has 0 aliphatic rings. The summed E-state index contributed by atoms with van der Waals surface area (Å²) in [5.74, 6) is -0.628. The molecule has 0 saturated carbocycles. The predicted molar refractivity (Wildman–Crippen MR) is 119 cm³/mol. The van der Waals surface area contributed by atoms with Crippen LogP contribution in [0.1, 0.15) is 90.6 Å². The second-order valence-electron chi connectivity index (χ2n) is 7.57. The van der Waals surface area contributed by atoms with E-state index >= 15 is 0 Å². The molecule has 2 N–H and O–H groups in total. The van der Waals surface area contributed by atoms with E-state index in [2.05, 4.69) is 24.7 Å². The zero-order chi connectivity index (χ0) is 20.9. The van der Waals surface area contributed by atoms with E-state index in [-0.39, 0.29) is 11.8 Å². The van der Waals surface area contributed by atoms with Crippen LogP contribution < -0.4 is 10.9 Å². The molecule has 0 aromatic heterocycles. The van der Waals surface area contributed by atoms with Crippen molar-refractivity contribution in [1.29, 1.82) is 0 Å². The second kappa shape index (κ2) is 12.8. The van der Waals surface area contributed by atoms with Crippen molar-refractivity contribution in [1.82, 2.24) is 10.9 Å². The van der Waals surface area contributed by atoms with Crippen LogP contribution in [0.15, 0.2) is 48.5 Å². The minimum atomic E-state index is -0.316. The van der Waals surface area contributed by atoms with Gasteiger partial charge in [-0.05, 0) is 61.1 Å². The molecular weight excluding hydrogens is 360 g/mol. The summed E-state index contributed by atoms with van der Waals surface area (Å²) in [7, 11) is 0. The van der Waals surface area contributed by atoms with Crippen molar-refractivity contribution in [3.05, 3.63) is 70.8 Å². The van der Waals surface area contributed by atoms with Crippen LogP contribution in [0.25, 0.3) is 0 Å². The first-order valence-corrected chi connectivity index (χ1v) is 10.9. The lowest BCUT2D eigenvalue weighted by Crippen LogP contribution is -2.41. The molecule has 2 amide bonds. The molecule has 156 valence electrons. The number of rotatable bonds is 11. The molecule has 0 spiro atoms. The SMILES string of the molecule is CCCCCCCc1ccc(C(=O)NNC(=O)c2ccc(CCCC)cc2)cc1. The molecule has 2 aromatic carbocycles. The maximum absolute atomic E-state index is 12.3. The van der Waals surface area contributed by atoms with Crippen LogP contribution in [0.5, 0.6) is 0 Å². The van der Waals surface area contributed by atoms with E-state index in [0.717, 1.165) is 25.7 Å². The minimum absolute atomic E-state index is 0.313. The van der Waals surface area contributed by atoms with Crippen LogP contribution in [0.4, 0.5) is 0 Å². The number of carbonyl (C=O) groups excluding carboxylic acids is 2. The first kappa shape index (κ1) is 22.7. The Balaban J connectivity index is 1.77. The van der Waals surface area contributed by atoms with Gasteiger partial charge in [-0.2, -0.15) is 0 Å². The molecule has 0 heterocycles. The molecule has 0 atom stereocenters. The third-order valence-corrected chi connectivity index (χ3v) is 5.11. The number of benzene rings is 2. The second-order valence-corrected chi connectivity index (χ2v) is 7.57. The maximum atomic E-state index is 12.3. The van der Waals surface area contributed by atoms with Gasteiger partial charge in [0.25, 0.3) is 11.8 Å². The Kier molecular flexibility index (Phi) is 9.98. The van der Waals surface area contributed by atoms with Crippen molar-refractivity contribution >= 4 is 11.8 Å². The minimum Gasteiger partial charge on any atom is -0.267 e. The lowest BCUT2D eigenvalue weighted by Gasteiger charge is -2.09. The van der Waals surface area contributed by atoms with E-state index in [1.807, 2.05) is 36.4 Å². The molecule has 0 aliphatic carbocycles. The van der Waals surface area contributed by atoms with E-state index in [0.29, 0.717) is 11.1 Å². The van der Waals surface area contributed by atoms with Crippen molar-refractivity contribution in [2.45, 2.75) is 71.6 Å². The third kappa shape index (κ3) is 8.10. The van der Waals surface area contributed by atoms with E-state index in [9.17, 15) is 9.59 Å². The van der Waals surface area contributed by atoms with Crippen molar-refractivity contribution in [3.8, 4) is 0 Å². The van der Waals surface area contributed by atoms with Gasteiger partial charge >= 0.3 is 0 Å². The monoisotopic (exact) mass is 394 g/mol. The number of unbranched alkanes of at least 4 members (excludes halogenated alkanes) is 5. The van der Waals surface area contributed by atoms with Crippen LogP contribution in [0.2, 0.25) is 0 Å². The first-order valence-electron chi connectivity index (χ1n) is 10.9. The van der Waals surface area contributed by atoms with Gasteiger partial charge in [0, 0.05) is 11.1 Å². The standard InChI is InChI=1S/C25H34N2O2/c1-3-5-7-8-9-11-21-14-18-23(19-15-21)25(29)27-26-24(28)22-16-12-20(13-17-22)10-6-4-2/h12-19H,3-11H2,1-2H3,(H,26,28)(H,27,29). The molecule has 0 aliphatic heterocycles. The number of aryl methyl sites for hydroxylation is 2. The highest BCUT2D eigenvalue weighted by Gasteiger charge is 2.09. The Bertz CT molecular complexity index is 751. The van der Waals surface area contributed by atoms with Gasteiger partial charge < -0.3 is 0 Å². The van der Waals surface area contributed by atoms with E-state index in [1.165, 1.54) is 43.2 Å². The normalized spacial score (nSPS) is 10.6.